The number of rotatable bonds is 42. The number of aromatic amines is 2. The third-order valence-electron chi connectivity index (χ3n) is 20.1. The van der Waals surface area contributed by atoms with Crippen molar-refractivity contribution < 1.29 is 80.6 Å². The summed E-state index contributed by atoms with van der Waals surface area (Å²) in [6, 6.07) is 18.1. The van der Waals surface area contributed by atoms with Gasteiger partial charge < -0.3 is 102 Å². The molecule has 12 amide bonds. The van der Waals surface area contributed by atoms with Crippen LogP contribution < -0.4 is 76.9 Å². The molecule has 8 rings (SSSR count). The topological polar surface area (TPSA) is 545 Å². The Bertz CT molecular complexity index is 4420. The molecule has 2 fully saturated rings. The molecule has 0 bridgehead atoms. The normalized spacial score (nSPS) is 16.3. The quantitative estimate of drug-likeness (QED) is 0.0147. The van der Waals surface area contributed by atoms with Crippen molar-refractivity contribution in [2.75, 3.05) is 26.2 Å². The summed E-state index contributed by atoms with van der Waals surface area (Å²) in [6.07, 6.45) is 0.346. The van der Waals surface area contributed by atoms with Gasteiger partial charge in [0.05, 0.1) is 6.04 Å². The van der Waals surface area contributed by atoms with Crippen LogP contribution in [0.3, 0.4) is 0 Å². The lowest BCUT2D eigenvalue weighted by molar-refractivity contribution is -0.192. The summed E-state index contributed by atoms with van der Waals surface area (Å²) in [5.74, 6) is -11.9. The van der Waals surface area contributed by atoms with E-state index in [0.717, 1.165) is 10.9 Å². The summed E-state index contributed by atoms with van der Waals surface area (Å²) in [5, 5.41) is 31.2. The lowest BCUT2D eigenvalue weighted by Crippen LogP contribution is -2.61. The Morgan fingerprint density at radius 1 is 0.487 bits per heavy atom. The molecule has 117 heavy (non-hydrogen) atoms. The Kier molecular flexibility index (Phi) is 35.3. The number of benzene rings is 4. The standard InChI is InChI=1S/C79H109N19O12.C2HF3O2/c1-46(2)38-59(68(83)100)91-70(102)60(39-47(3)4)92-73(105)64(43-51-45-88-56-28-14-12-25-53(51)56)95-72(104)61(40-48-20-7-5-8-21-48)93-74(106)63(42-50-44-87-55-27-13-11-24-52(50)55)94-69(101)57(32-33-67(82)99)89-71(103)62(41-49-22-9-6-10-23-49)96-76(108)66-31-19-37-98(66)78(110)58(29-15-16-34-80)90-75(107)65-30-18-36-97(65)77(109)54(81)26-17-35-86-79(84)85;3-2(4,5)1(6)7/h5-14,20-25,27-28,44-47,54,57-66,87-88H,15-19,26,29-43,80-81H2,1-4H3,(H2,82,99)(H2,83,100)(H,89,103)(H,90,107)(H,91,102)(H,92,105)(H,93,106)(H,94,101)(H,95,104)(H,96,108)(H4,84,85,86);(H,6,7)/t54-,57+,58+,59+,60+,61+,62-,63-,64-,65+,66+;/m1./s1. The van der Waals surface area contributed by atoms with Gasteiger partial charge in [-0.15, -0.1) is 0 Å². The highest BCUT2D eigenvalue weighted by molar-refractivity contribution is 6.00. The summed E-state index contributed by atoms with van der Waals surface area (Å²) in [6.45, 7) is 8.40. The average molecular weight is 1630 g/mol. The molecule has 634 valence electrons. The molecule has 6 aromatic rings. The smallest absolute Gasteiger partial charge is 0.475 e. The number of guanidine groups is 1. The number of nitrogens with zero attached hydrogens (tertiary/aromatic N) is 3. The van der Waals surface area contributed by atoms with Gasteiger partial charge in [-0.2, -0.15) is 13.2 Å². The Balaban J connectivity index is 0.00000258. The fourth-order valence-electron chi connectivity index (χ4n) is 14.1. The number of nitrogens with two attached hydrogens (primary N) is 6. The molecule has 0 aliphatic carbocycles. The van der Waals surface area contributed by atoms with Crippen molar-refractivity contribution in [1.82, 2.24) is 62.3 Å². The molecule has 0 spiro atoms. The number of nitrogens with one attached hydrogen (secondary N) is 10. The number of carbonyl (C=O) groups is 13. The van der Waals surface area contributed by atoms with Crippen LogP contribution in [0.5, 0.6) is 0 Å². The maximum atomic E-state index is 15.5. The third kappa shape index (κ3) is 28.5. The first-order chi connectivity index (χ1) is 55.6. The Morgan fingerprint density at radius 2 is 0.880 bits per heavy atom. The van der Waals surface area contributed by atoms with Crippen LogP contribution in [0.4, 0.5) is 13.2 Å². The Labute approximate surface area is 675 Å². The van der Waals surface area contributed by atoms with Gasteiger partial charge in [0.1, 0.15) is 60.4 Å². The van der Waals surface area contributed by atoms with Gasteiger partial charge in [0.25, 0.3) is 0 Å². The van der Waals surface area contributed by atoms with Crippen molar-refractivity contribution in [3.8, 4) is 0 Å². The van der Waals surface area contributed by atoms with Crippen LogP contribution in [0.15, 0.2) is 127 Å². The van der Waals surface area contributed by atoms with E-state index >= 15 is 19.2 Å². The molecule has 4 heterocycles. The number of carbonyl (C=O) groups excluding carboxylic acids is 12. The number of aliphatic carboxylic acids is 1. The number of carboxylic acid groups (broad SMARTS) is 1. The molecule has 4 aromatic carbocycles. The number of hydrogen-bond acceptors (Lipinski definition) is 16. The summed E-state index contributed by atoms with van der Waals surface area (Å²) in [7, 11) is 0. The zero-order chi connectivity index (χ0) is 85.6. The molecule has 11 atom stereocenters. The van der Waals surface area contributed by atoms with Crippen LogP contribution in [0, 0.1) is 11.8 Å². The zero-order valence-corrected chi connectivity index (χ0v) is 66.1. The predicted octanol–water partition coefficient (Wildman–Crippen LogP) is 1.77. The highest BCUT2D eigenvalue weighted by atomic mass is 19.4. The number of H-pyrrole nitrogens is 2. The molecule has 36 heteroatoms. The second-order valence-electron chi connectivity index (χ2n) is 30.2. The highest BCUT2D eigenvalue weighted by Crippen LogP contribution is 2.26. The highest BCUT2D eigenvalue weighted by Gasteiger charge is 2.44. The van der Waals surface area contributed by atoms with E-state index in [1.54, 1.807) is 79.1 Å². The lowest BCUT2D eigenvalue weighted by Gasteiger charge is -2.32. The first-order valence-corrected chi connectivity index (χ1v) is 39.2. The van der Waals surface area contributed by atoms with Crippen molar-refractivity contribution in [3.05, 3.63) is 144 Å². The van der Waals surface area contributed by atoms with Crippen LogP contribution in [-0.2, 0) is 88.0 Å². The van der Waals surface area contributed by atoms with Crippen LogP contribution in [0.2, 0.25) is 0 Å². The van der Waals surface area contributed by atoms with E-state index in [-0.39, 0.29) is 95.2 Å². The molecule has 2 aromatic heterocycles. The average Bonchev–Trinajstić information content (AvgIpc) is 1.76. The molecular weight excluding hydrogens is 1520 g/mol. The number of aromatic nitrogens is 2. The molecule has 0 unspecified atom stereocenters. The summed E-state index contributed by atoms with van der Waals surface area (Å²) in [5.41, 5.74) is 38.4. The minimum atomic E-state index is -5.08. The van der Waals surface area contributed by atoms with Gasteiger partial charge >= 0.3 is 12.1 Å². The third-order valence-corrected chi connectivity index (χ3v) is 20.1. The number of alkyl halides is 3. The van der Waals surface area contributed by atoms with Gasteiger partial charge in [-0.1, -0.05) is 125 Å². The number of halogens is 3. The largest absolute Gasteiger partial charge is 0.490 e. The van der Waals surface area contributed by atoms with Gasteiger partial charge in [-0.3, -0.25) is 62.5 Å². The Morgan fingerprint density at radius 3 is 1.32 bits per heavy atom. The molecular formula is C81H110F3N19O14. The SMILES string of the molecule is CC(C)C[C@H](NC(=O)[C@H](CC(C)C)NC(=O)[C@@H](Cc1c[nH]c2ccccc12)NC(=O)[C@H](Cc1ccccc1)NC(=O)[C@@H](Cc1c[nH]c2ccccc12)NC(=O)[C@H](CCC(N)=O)NC(=O)[C@@H](Cc1ccccc1)NC(=O)[C@@H]1CCCN1C(=O)[C@H](CCCCN)NC(=O)[C@@H]1CCCN1C(=O)[C@H](N)CCCN=C(N)N)C(N)=O.O=C(O)C(F)(F)F. The summed E-state index contributed by atoms with van der Waals surface area (Å²) < 4.78 is 31.7. The van der Waals surface area contributed by atoms with Crippen molar-refractivity contribution in [2.45, 2.75) is 209 Å². The number of para-hydroxylation sites is 2. The van der Waals surface area contributed by atoms with Gasteiger partial charge in [0.2, 0.25) is 70.9 Å². The molecule has 0 radical (unpaired) electrons. The second kappa shape index (κ2) is 44.8. The van der Waals surface area contributed by atoms with Gasteiger partial charge in [0, 0.05) is 85.9 Å². The first-order valence-electron chi connectivity index (χ1n) is 39.2. The van der Waals surface area contributed by atoms with Crippen molar-refractivity contribution in [3.63, 3.8) is 0 Å². The van der Waals surface area contributed by atoms with E-state index in [2.05, 4.69) is 57.5 Å². The van der Waals surface area contributed by atoms with Gasteiger partial charge in [0.15, 0.2) is 5.96 Å². The number of carboxylic acids is 1. The minimum absolute atomic E-state index is 0.0260. The van der Waals surface area contributed by atoms with Crippen LogP contribution >= 0.6 is 0 Å². The Hall–Kier alpha value is -11.9. The maximum Gasteiger partial charge on any atom is 0.490 e. The number of unbranched alkanes of at least 4 members (excludes halogenated alkanes) is 1. The molecule has 33 nitrogen and oxygen atoms in total. The van der Waals surface area contributed by atoms with Crippen LogP contribution in [-0.4, -0.2) is 207 Å². The molecule has 0 saturated carbocycles. The molecule has 2 aliphatic rings. The molecule has 23 N–H and O–H groups in total. The lowest BCUT2D eigenvalue weighted by atomic mass is 9.98. The summed E-state index contributed by atoms with van der Waals surface area (Å²) >= 11 is 0. The van der Waals surface area contributed by atoms with Gasteiger partial charge in [-0.25, -0.2) is 4.79 Å². The number of hydrogen-bond donors (Lipinski definition) is 17. The maximum absolute atomic E-state index is 15.5. The van der Waals surface area contributed by atoms with E-state index < -0.39 is 162 Å². The van der Waals surface area contributed by atoms with Gasteiger partial charge in [-0.05, 0) is 130 Å². The van der Waals surface area contributed by atoms with Crippen LogP contribution in [0.1, 0.15) is 133 Å². The van der Waals surface area contributed by atoms with E-state index in [0.29, 0.717) is 78.2 Å². The monoisotopic (exact) mass is 1630 g/mol. The molecule has 2 saturated heterocycles. The van der Waals surface area contributed by atoms with Crippen molar-refractivity contribution in [2.24, 2.45) is 51.2 Å². The fourth-order valence-corrected chi connectivity index (χ4v) is 14.1. The van der Waals surface area contributed by atoms with Crippen LogP contribution in [0.25, 0.3) is 21.8 Å². The fraction of sp³-hybridized carbons (Fsp3) is 0.481. The van der Waals surface area contributed by atoms with E-state index in [1.807, 2.05) is 70.2 Å². The van der Waals surface area contributed by atoms with Crippen molar-refractivity contribution >= 4 is 105 Å². The van der Waals surface area contributed by atoms with E-state index in [1.165, 1.54) is 9.80 Å². The number of aliphatic imine (C=N–C) groups is 1. The number of likely N-dealkylation sites (tertiary alicyclic amines) is 2. The number of fused-ring (bicyclic) bond motifs is 2. The molecule has 2 aliphatic heterocycles. The number of primary amides is 2. The minimum Gasteiger partial charge on any atom is -0.475 e. The van der Waals surface area contributed by atoms with E-state index in [9.17, 15) is 51.5 Å². The predicted molar refractivity (Wildman–Crippen MR) is 430 cm³/mol. The number of amides is 12. The zero-order valence-electron chi connectivity index (χ0n) is 66.1. The van der Waals surface area contributed by atoms with Crippen molar-refractivity contribution in [1.29, 1.82) is 0 Å². The first kappa shape index (κ1) is 92.2. The second-order valence-corrected chi connectivity index (χ2v) is 30.2. The van der Waals surface area contributed by atoms with E-state index in [4.69, 9.17) is 44.3 Å². The summed E-state index contributed by atoms with van der Waals surface area (Å²) in [4.78, 5) is 195.